The molecule has 4 rings (SSSR count). The molecule has 1 aliphatic heterocycles. The molecular weight excluding hydrogens is 380 g/mol. The zero-order valence-corrected chi connectivity index (χ0v) is 17.1. The summed E-state index contributed by atoms with van der Waals surface area (Å²) in [5, 5.41) is 8.38. The zero-order chi connectivity index (χ0) is 20.9. The predicted molar refractivity (Wildman–Crippen MR) is 114 cm³/mol. The van der Waals surface area contributed by atoms with E-state index >= 15 is 0 Å². The lowest BCUT2D eigenvalue weighted by molar-refractivity contribution is 0.0900. The average molecular weight is 404 g/mol. The fourth-order valence-corrected chi connectivity index (χ4v) is 3.83. The van der Waals surface area contributed by atoms with E-state index in [9.17, 15) is 4.79 Å². The summed E-state index contributed by atoms with van der Waals surface area (Å²) >= 11 is 0. The SMILES string of the molecule is COc1cccc(OC)c1-c1cnnc(N2CCC(C(=O)c3ccccc3)CC2)n1. The molecule has 0 aliphatic carbocycles. The van der Waals surface area contributed by atoms with Crippen molar-refractivity contribution in [2.75, 3.05) is 32.2 Å². The molecule has 1 aromatic heterocycles. The van der Waals surface area contributed by atoms with Gasteiger partial charge >= 0.3 is 0 Å². The lowest BCUT2D eigenvalue weighted by atomic mass is 9.89. The maximum Gasteiger partial charge on any atom is 0.245 e. The molecule has 0 unspecified atom stereocenters. The van der Waals surface area contributed by atoms with Crippen LogP contribution in [0.4, 0.5) is 5.95 Å². The number of hydrogen-bond acceptors (Lipinski definition) is 7. The number of rotatable bonds is 6. The Labute approximate surface area is 175 Å². The summed E-state index contributed by atoms with van der Waals surface area (Å²) in [4.78, 5) is 19.5. The molecule has 2 aromatic carbocycles. The number of nitrogens with zero attached hydrogens (tertiary/aromatic N) is 4. The van der Waals surface area contributed by atoms with Gasteiger partial charge in [0.15, 0.2) is 5.78 Å². The van der Waals surface area contributed by atoms with Crippen molar-refractivity contribution in [2.45, 2.75) is 12.8 Å². The third-order valence-electron chi connectivity index (χ3n) is 5.44. The summed E-state index contributed by atoms with van der Waals surface area (Å²) in [7, 11) is 3.23. The number of piperidine rings is 1. The Bertz CT molecular complexity index is 996. The van der Waals surface area contributed by atoms with Gasteiger partial charge in [-0.05, 0) is 25.0 Å². The van der Waals surface area contributed by atoms with Crippen molar-refractivity contribution in [3.63, 3.8) is 0 Å². The third kappa shape index (κ3) is 3.96. The second-order valence-corrected chi connectivity index (χ2v) is 7.17. The first-order chi connectivity index (χ1) is 14.7. The second kappa shape index (κ2) is 8.90. The molecule has 0 N–H and O–H groups in total. The predicted octanol–water partition coefficient (Wildman–Crippen LogP) is 3.66. The minimum Gasteiger partial charge on any atom is -0.496 e. The Balaban J connectivity index is 1.52. The highest BCUT2D eigenvalue weighted by molar-refractivity contribution is 5.97. The highest BCUT2D eigenvalue weighted by atomic mass is 16.5. The van der Waals surface area contributed by atoms with Crippen LogP contribution in [0.3, 0.4) is 0 Å². The summed E-state index contributed by atoms with van der Waals surface area (Å²) in [6.45, 7) is 1.41. The number of aromatic nitrogens is 3. The van der Waals surface area contributed by atoms with Gasteiger partial charge in [0, 0.05) is 24.6 Å². The summed E-state index contributed by atoms with van der Waals surface area (Å²) in [6.07, 6.45) is 3.13. The number of methoxy groups -OCH3 is 2. The largest absolute Gasteiger partial charge is 0.496 e. The molecule has 7 heteroatoms. The van der Waals surface area contributed by atoms with E-state index in [1.54, 1.807) is 20.4 Å². The van der Waals surface area contributed by atoms with Crippen molar-refractivity contribution in [1.82, 2.24) is 15.2 Å². The minimum atomic E-state index is 0.0223. The Kier molecular flexibility index (Phi) is 5.88. The van der Waals surface area contributed by atoms with E-state index in [0.29, 0.717) is 36.2 Å². The van der Waals surface area contributed by atoms with Gasteiger partial charge in [-0.3, -0.25) is 4.79 Å². The number of anilines is 1. The maximum atomic E-state index is 12.7. The van der Waals surface area contributed by atoms with Crippen LogP contribution in [-0.4, -0.2) is 48.3 Å². The second-order valence-electron chi connectivity index (χ2n) is 7.17. The maximum absolute atomic E-state index is 12.7. The van der Waals surface area contributed by atoms with Crippen LogP contribution in [0.25, 0.3) is 11.3 Å². The summed E-state index contributed by atoms with van der Waals surface area (Å²) in [5.74, 6) is 2.10. The number of carbonyl (C=O) groups is 1. The third-order valence-corrected chi connectivity index (χ3v) is 5.44. The van der Waals surface area contributed by atoms with Crippen LogP contribution < -0.4 is 14.4 Å². The van der Waals surface area contributed by atoms with Crippen LogP contribution in [0, 0.1) is 5.92 Å². The molecule has 2 heterocycles. The van der Waals surface area contributed by atoms with E-state index in [0.717, 1.165) is 24.0 Å². The van der Waals surface area contributed by atoms with Gasteiger partial charge in [-0.2, -0.15) is 5.10 Å². The first-order valence-electron chi connectivity index (χ1n) is 9.96. The first kappa shape index (κ1) is 19.8. The summed E-state index contributed by atoms with van der Waals surface area (Å²) in [6, 6.07) is 15.1. The molecule has 1 saturated heterocycles. The van der Waals surface area contributed by atoms with E-state index in [4.69, 9.17) is 14.5 Å². The number of Topliss-reactive ketones (excluding diaryl/α,β-unsaturated/α-hetero) is 1. The van der Waals surface area contributed by atoms with Gasteiger partial charge in [0.1, 0.15) is 17.2 Å². The van der Waals surface area contributed by atoms with Crippen molar-refractivity contribution >= 4 is 11.7 Å². The van der Waals surface area contributed by atoms with Crippen molar-refractivity contribution < 1.29 is 14.3 Å². The van der Waals surface area contributed by atoms with E-state index in [1.807, 2.05) is 48.5 Å². The van der Waals surface area contributed by atoms with Crippen LogP contribution >= 0.6 is 0 Å². The molecule has 0 bridgehead atoms. The molecule has 7 nitrogen and oxygen atoms in total. The van der Waals surface area contributed by atoms with Gasteiger partial charge in [-0.15, -0.1) is 5.10 Å². The van der Waals surface area contributed by atoms with E-state index in [-0.39, 0.29) is 11.7 Å². The van der Waals surface area contributed by atoms with Gasteiger partial charge in [0.2, 0.25) is 5.95 Å². The Hall–Kier alpha value is -3.48. The Morgan fingerprint density at radius 2 is 1.63 bits per heavy atom. The molecule has 0 radical (unpaired) electrons. The van der Waals surface area contributed by atoms with E-state index < -0.39 is 0 Å². The highest BCUT2D eigenvalue weighted by Crippen LogP contribution is 2.37. The fraction of sp³-hybridized carbons (Fsp3) is 0.304. The quantitative estimate of drug-likeness (QED) is 0.580. The topological polar surface area (TPSA) is 77.4 Å². The fourth-order valence-electron chi connectivity index (χ4n) is 3.83. The van der Waals surface area contributed by atoms with Crippen molar-refractivity contribution in [3.8, 4) is 22.8 Å². The van der Waals surface area contributed by atoms with Gasteiger partial charge in [-0.1, -0.05) is 36.4 Å². The van der Waals surface area contributed by atoms with Crippen molar-refractivity contribution in [1.29, 1.82) is 0 Å². The van der Waals surface area contributed by atoms with Gasteiger partial charge in [0.05, 0.1) is 26.0 Å². The molecule has 154 valence electrons. The number of hydrogen-bond donors (Lipinski definition) is 0. The molecule has 0 amide bonds. The zero-order valence-electron chi connectivity index (χ0n) is 17.1. The normalized spacial score (nSPS) is 14.4. The standard InChI is InChI=1S/C23H24N4O3/c1-29-19-9-6-10-20(30-2)21(19)18-15-24-26-23(25-18)27-13-11-17(12-14-27)22(28)16-7-4-3-5-8-16/h3-10,15,17H,11-14H2,1-2H3. The number of carbonyl (C=O) groups excluding carboxylic acids is 1. The molecule has 1 aliphatic rings. The van der Waals surface area contributed by atoms with Crippen molar-refractivity contribution in [3.05, 3.63) is 60.3 Å². The van der Waals surface area contributed by atoms with Gasteiger partial charge in [-0.25, -0.2) is 4.98 Å². The monoisotopic (exact) mass is 404 g/mol. The van der Waals surface area contributed by atoms with Crippen LogP contribution in [0.5, 0.6) is 11.5 Å². The smallest absolute Gasteiger partial charge is 0.245 e. The molecule has 30 heavy (non-hydrogen) atoms. The molecule has 0 saturated carbocycles. The van der Waals surface area contributed by atoms with Gasteiger partial charge in [0.25, 0.3) is 0 Å². The molecule has 3 aromatic rings. The number of benzene rings is 2. The van der Waals surface area contributed by atoms with E-state index in [1.165, 1.54) is 0 Å². The summed E-state index contributed by atoms with van der Waals surface area (Å²) in [5.41, 5.74) is 2.16. The van der Waals surface area contributed by atoms with Crippen LogP contribution in [-0.2, 0) is 0 Å². The number of ether oxygens (including phenoxy) is 2. The highest BCUT2D eigenvalue weighted by Gasteiger charge is 2.27. The van der Waals surface area contributed by atoms with Crippen molar-refractivity contribution in [2.24, 2.45) is 5.92 Å². The van der Waals surface area contributed by atoms with Crippen LogP contribution in [0.15, 0.2) is 54.7 Å². The average Bonchev–Trinajstić information content (AvgIpc) is 2.83. The molecular formula is C23H24N4O3. The molecule has 0 atom stereocenters. The Morgan fingerprint density at radius 1 is 0.967 bits per heavy atom. The van der Waals surface area contributed by atoms with Gasteiger partial charge < -0.3 is 14.4 Å². The lowest BCUT2D eigenvalue weighted by Crippen LogP contribution is -2.37. The Morgan fingerprint density at radius 3 is 2.27 bits per heavy atom. The lowest BCUT2D eigenvalue weighted by Gasteiger charge is -2.31. The van der Waals surface area contributed by atoms with E-state index in [2.05, 4.69) is 15.1 Å². The minimum absolute atomic E-state index is 0.0223. The number of ketones is 1. The van der Waals surface area contributed by atoms with Crippen LogP contribution in [0.2, 0.25) is 0 Å². The molecule has 1 fully saturated rings. The molecule has 0 spiro atoms. The first-order valence-corrected chi connectivity index (χ1v) is 9.96. The van der Waals surface area contributed by atoms with Crippen LogP contribution in [0.1, 0.15) is 23.2 Å². The summed E-state index contributed by atoms with van der Waals surface area (Å²) < 4.78 is 11.0.